The van der Waals surface area contributed by atoms with Crippen LogP contribution in [0, 0.1) is 18.3 Å². The molecular weight excluding hydrogens is 401 g/mol. The maximum atomic E-state index is 6.20. The monoisotopic (exact) mass is 427 g/mol. The van der Waals surface area contributed by atoms with Crippen LogP contribution < -0.4 is 11.1 Å². The molecule has 2 aliphatic carbocycles. The second-order valence-corrected chi connectivity index (χ2v) is 7.14. The number of anilines is 1. The Labute approximate surface area is 155 Å². The summed E-state index contributed by atoms with van der Waals surface area (Å²) >= 11 is 0. The quantitative estimate of drug-likeness (QED) is 0.430. The topological polar surface area (TPSA) is 59.6 Å². The number of nitrogens with one attached hydrogen (secondary N) is 1. The third kappa shape index (κ3) is 2.86. The molecule has 3 atom stereocenters. The standard InChI is InChI=1S/C18H25N3O.HI/c1-12-5-4-6-13(11-12)20-17(19)21-15-14-7-10-22-16(14)18(15)8-2-3-9-18;/h4-6,11,14-16H,2-3,7-10H2,1H3,(H3,19,20,21);1H. The van der Waals surface area contributed by atoms with Gasteiger partial charge in [-0.15, -0.1) is 24.0 Å². The van der Waals surface area contributed by atoms with Crippen molar-refractivity contribution in [3.05, 3.63) is 29.8 Å². The highest BCUT2D eigenvalue weighted by atomic mass is 127. The number of benzene rings is 1. The van der Waals surface area contributed by atoms with Gasteiger partial charge in [0.25, 0.3) is 0 Å². The number of rotatable bonds is 2. The van der Waals surface area contributed by atoms with Crippen molar-refractivity contribution in [1.82, 2.24) is 0 Å². The van der Waals surface area contributed by atoms with Crippen LogP contribution in [0.15, 0.2) is 29.3 Å². The Kier molecular flexibility index (Phi) is 4.88. The van der Waals surface area contributed by atoms with Gasteiger partial charge in [-0.25, -0.2) is 4.99 Å². The first-order valence-corrected chi connectivity index (χ1v) is 8.48. The molecule has 5 heteroatoms. The van der Waals surface area contributed by atoms with Gasteiger partial charge in [-0.05, 0) is 43.9 Å². The molecule has 1 saturated heterocycles. The zero-order valence-electron chi connectivity index (χ0n) is 13.6. The van der Waals surface area contributed by atoms with Crippen molar-refractivity contribution in [2.45, 2.75) is 51.2 Å². The van der Waals surface area contributed by atoms with E-state index in [1.54, 1.807) is 0 Å². The number of nitrogens with zero attached hydrogens (tertiary/aromatic N) is 1. The second-order valence-electron chi connectivity index (χ2n) is 7.14. The Balaban J connectivity index is 0.00000156. The molecule has 2 saturated carbocycles. The number of aryl methyl sites for hydroxylation is 1. The summed E-state index contributed by atoms with van der Waals surface area (Å²) in [5.74, 6) is 1.13. The molecule has 3 N–H and O–H groups in total. The average molecular weight is 427 g/mol. The van der Waals surface area contributed by atoms with Crippen LogP contribution in [-0.4, -0.2) is 24.7 Å². The van der Waals surface area contributed by atoms with E-state index >= 15 is 0 Å². The molecule has 4 nitrogen and oxygen atoms in total. The lowest BCUT2D eigenvalue weighted by Crippen LogP contribution is -2.61. The Hall–Kier alpha value is -0.820. The van der Waals surface area contributed by atoms with Crippen molar-refractivity contribution in [2.24, 2.45) is 22.1 Å². The highest BCUT2D eigenvalue weighted by Crippen LogP contribution is 2.62. The van der Waals surface area contributed by atoms with Gasteiger partial charge in [-0.1, -0.05) is 25.0 Å². The molecule has 126 valence electrons. The molecule has 0 radical (unpaired) electrons. The summed E-state index contributed by atoms with van der Waals surface area (Å²) in [4.78, 5) is 4.89. The van der Waals surface area contributed by atoms with E-state index in [9.17, 15) is 0 Å². The van der Waals surface area contributed by atoms with Crippen molar-refractivity contribution in [2.75, 3.05) is 11.9 Å². The predicted octanol–water partition coefficient (Wildman–Crippen LogP) is 3.69. The van der Waals surface area contributed by atoms with Crippen molar-refractivity contribution < 1.29 is 4.74 Å². The number of hydrogen-bond acceptors (Lipinski definition) is 2. The van der Waals surface area contributed by atoms with E-state index in [-0.39, 0.29) is 29.4 Å². The SMILES string of the molecule is Cc1cccc(NC(N)=NC2C3CCOC3C23CCCC3)c1.I. The number of hydrogen-bond donors (Lipinski definition) is 2. The van der Waals surface area contributed by atoms with E-state index in [1.807, 2.05) is 12.1 Å². The number of guanidine groups is 1. The van der Waals surface area contributed by atoms with E-state index in [1.165, 1.54) is 31.2 Å². The molecule has 0 amide bonds. The fourth-order valence-electron chi connectivity index (χ4n) is 4.89. The molecule has 1 heterocycles. The fourth-order valence-corrected chi connectivity index (χ4v) is 4.89. The van der Waals surface area contributed by atoms with Crippen LogP contribution in [0.25, 0.3) is 0 Å². The van der Waals surface area contributed by atoms with Crippen LogP contribution >= 0.6 is 24.0 Å². The molecule has 0 aromatic heterocycles. The molecule has 1 aromatic carbocycles. The van der Waals surface area contributed by atoms with Gasteiger partial charge in [0.15, 0.2) is 5.96 Å². The Morgan fingerprint density at radius 1 is 1.35 bits per heavy atom. The summed E-state index contributed by atoms with van der Waals surface area (Å²) < 4.78 is 6.00. The molecule has 1 aliphatic heterocycles. The van der Waals surface area contributed by atoms with Crippen LogP contribution in [0.3, 0.4) is 0 Å². The van der Waals surface area contributed by atoms with Gasteiger partial charge in [-0.3, -0.25) is 0 Å². The van der Waals surface area contributed by atoms with Crippen LogP contribution in [0.1, 0.15) is 37.7 Å². The summed E-state index contributed by atoms with van der Waals surface area (Å²) in [6.07, 6.45) is 6.70. The molecule has 4 rings (SSSR count). The number of halogens is 1. The summed E-state index contributed by atoms with van der Waals surface area (Å²) in [6, 6.07) is 8.59. The summed E-state index contributed by atoms with van der Waals surface area (Å²) in [6.45, 7) is 2.98. The molecule has 3 aliphatic rings. The lowest BCUT2D eigenvalue weighted by atomic mass is 9.54. The average Bonchev–Trinajstić information content (AvgIpc) is 3.13. The highest BCUT2D eigenvalue weighted by Gasteiger charge is 2.65. The van der Waals surface area contributed by atoms with Gasteiger partial charge in [0, 0.05) is 23.6 Å². The number of fused-ring (bicyclic) bond motifs is 2. The minimum Gasteiger partial charge on any atom is -0.377 e. The van der Waals surface area contributed by atoms with Gasteiger partial charge in [0.2, 0.25) is 0 Å². The first-order valence-electron chi connectivity index (χ1n) is 8.48. The highest BCUT2D eigenvalue weighted by molar-refractivity contribution is 14.0. The van der Waals surface area contributed by atoms with Gasteiger partial charge in [0.05, 0.1) is 12.1 Å². The molecule has 1 aromatic rings. The Morgan fingerprint density at radius 2 is 2.13 bits per heavy atom. The first-order chi connectivity index (χ1) is 10.7. The largest absolute Gasteiger partial charge is 0.377 e. The van der Waals surface area contributed by atoms with Crippen LogP contribution in [0.2, 0.25) is 0 Å². The zero-order chi connectivity index (χ0) is 15.2. The van der Waals surface area contributed by atoms with E-state index < -0.39 is 0 Å². The van der Waals surface area contributed by atoms with Crippen molar-refractivity contribution in [3.63, 3.8) is 0 Å². The second kappa shape index (κ2) is 6.59. The number of ether oxygens (including phenoxy) is 1. The minimum atomic E-state index is 0. The van der Waals surface area contributed by atoms with Gasteiger partial charge >= 0.3 is 0 Å². The number of nitrogens with two attached hydrogens (primary N) is 1. The summed E-state index contributed by atoms with van der Waals surface area (Å²) in [5, 5.41) is 3.26. The summed E-state index contributed by atoms with van der Waals surface area (Å²) in [5.41, 5.74) is 8.71. The smallest absolute Gasteiger partial charge is 0.193 e. The molecule has 3 fully saturated rings. The molecule has 3 unspecified atom stereocenters. The van der Waals surface area contributed by atoms with Crippen LogP contribution in [-0.2, 0) is 4.74 Å². The third-order valence-corrected chi connectivity index (χ3v) is 5.80. The van der Waals surface area contributed by atoms with Crippen molar-refractivity contribution in [3.8, 4) is 0 Å². The lowest BCUT2D eigenvalue weighted by Gasteiger charge is -2.54. The molecular formula is C18H26IN3O. The van der Waals surface area contributed by atoms with Gasteiger partial charge < -0.3 is 15.8 Å². The van der Waals surface area contributed by atoms with Crippen molar-refractivity contribution in [1.29, 1.82) is 0 Å². The van der Waals surface area contributed by atoms with Crippen molar-refractivity contribution >= 4 is 35.6 Å². The van der Waals surface area contributed by atoms with Gasteiger partial charge in [0.1, 0.15) is 0 Å². The molecule has 0 bridgehead atoms. The van der Waals surface area contributed by atoms with E-state index in [0.29, 0.717) is 24.0 Å². The van der Waals surface area contributed by atoms with Crippen LogP contribution in [0.4, 0.5) is 5.69 Å². The first kappa shape index (κ1) is 17.0. The predicted molar refractivity (Wildman–Crippen MR) is 104 cm³/mol. The van der Waals surface area contributed by atoms with E-state index in [2.05, 4.69) is 24.4 Å². The van der Waals surface area contributed by atoms with E-state index in [0.717, 1.165) is 18.7 Å². The number of aliphatic imine (C=N–C) groups is 1. The molecule has 1 spiro atoms. The molecule has 23 heavy (non-hydrogen) atoms. The Bertz CT molecular complexity index is 598. The zero-order valence-corrected chi connectivity index (χ0v) is 16.0. The third-order valence-electron chi connectivity index (χ3n) is 5.80. The minimum absolute atomic E-state index is 0. The normalized spacial score (nSPS) is 31.3. The lowest BCUT2D eigenvalue weighted by molar-refractivity contribution is -0.117. The fraction of sp³-hybridized carbons (Fsp3) is 0.611. The van der Waals surface area contributed by atoms with Crippen LogP contribution in [0.5, 0.6) is 0 Å². The van der Waals surface area contributed by atoms with E-state index in [4.69, 9.17) is 15.5 Å². The summed E-state index contributed by atoms with van der Waals surface area (Å²) in [7, 11) is 0. The van der Waals surface area contributed by atoms with Gasteiger partial charge in [-0.2, -0.15) is 0 Å². The maximum absolute atomic E-state index is 6.20. The maximum Gasteiger partial charge on any atom is 0.193 e. The Morgan fingerprint density at radius 3 is 2.87 bits per heavy atom.